The van der Waals surface area contributed by atoms with Crippen LogP contribution in [0.5, 0.6) is 0 Å². The maximum Gasteiger partial charge on any atom is 0.261 e. The van der Waals surface area contributed by atoms with Gasteiger partial charge in [0.2, 0.25) is 0 Å². The first-order chi connectivity index (χ1) is 11.9. The first-order valence-electron chi connectivity index (χ1n) is 7.35. The van der Waals surface area contributed by atoms with E-state index in [2.05, 4.69) is 4.72 Å². The molecule has 0 spiro atoms. The van der Waals surface area contributed by atoms with Gasteiger partial charge < -0.3 is 0 Å². The highest BCUT2D eigenvalue weighted by atomic mass is 32.2. The second kappa shape index (κ2) is 6.78. The van der Waals surface area contributed by atoms with Crippen molar-refractivity contribution in [2.45, 2.75) is 11.8 Å². The average Bonchev–Trinajstić information content (AvgIpc) is 2.99. The number of carbonyl (C=O) groups is 1. The van der Waals surface area contributed by atoms with Crippen LogP contribution in [0.25, 0.3) is 10.4 Å². The Morgan fingerprint density at radius 3 is 2.28 bits per heavy atom. The molecule has 3 rings (SSSR count). The van der Waals surface area contributed by atoms with Crippen molar-refractivity contribution >= 4 is 32.8 Å². The Balaban J connectivity index is 2.01. The molecule has 0 aliphatic carbocycles. The molecule has 1 heterocycles. The minimum absolute atomic E-state index is 0.110. The van der Waals surface area contributed by atoms with Gasteiger partial charge in [-0.2, -0.15) is 0 Å². The van der Waals surface area contributed by atoms with Crippen LogP contribution in [0.3, 0.4) is 0 Å². The van der Waals surface area contributed by atoms with Gasteiger partial charge in [-0.25, -0.2) is 12.8 Å². The summed E-state index contributed by atoms with van der Waals surface area (Å²) in [4.78, 5) is 13.0. The summed E-state index contributed by atoms with van der Waals surface area (Å²) >= 11 is 1.16. The number of hydrogen-bond donors (Lipinski definition) is 1. The van der Waals surface area contributed by atoms with Crippen molar-refractivity contribution in [1.29, 1.82) is 0 Å². The molecule has 3 aromatic rings. The quantitative estimate of drug-likeness (QED) is 0.665. The van der Waals surface area contributed by atoms with Crippen molar-refractivity contribution in [2.75, 3.05) is 4.72 Å². The van der Waals surface area contributed by atoms with Crippen LogP contribution in [0.4, 0.5) is 10.1 Å². The first kappa shape index (κ1) is 17.3. The molecule has 128 valence electrons. The molecule has 1 N–H and O–H groups in total. The number of ketones is 1. The van der Waals surface area contributed by atoms with E-state index >= 15 is 0 Å². The summed E-state index contributed by atoms with van der Waals surface area (Å²) in [5, 5.41) is 0. The molecule has 7 heteroatoms. The predicted octanol–water partition coefficient (Wildman–Crippen LogP) is 4.56. The number of halogens is 1. The lowest BCUT2D eigenvalue weighted by molar-refractivity contribution is 0.102. The summed E-state index contributed by atoms with van der Waals surface area (Å²) in [5.74, 6) is -0.610. The average molecular weight is 375 g/mol. The minimum Gasteiger partial charge on any atom is -0.294 e. The third kappa shape index (κ3) is 3.78. The van der Waals surface area contributed by atoms with Gasteiger partial charge in [0.15, 0.2) is 5.78 Å². The normalized spacial score (nSPS) is 11.3. The smallest absolute Gasteiger partial charge is 0.261 e. The second-order valence-electron chi connectivity index (χ2n) is 5.34. The van der Waals surface area contributed by atoms with Crippen LogP contribution in [-0.4, -0.2) is 14.2 Å². The zero-order valence-electron chi connectivity index (χ0n) is 13.2. The highest BCUT2D eigenvalue weighted by Gasteiger charge is 2.20. The number of anilines is 1. The molecule has 0 saturated heterocycles. The van der Waals surface area contributed by atoms with Gasteiger partial charge >= 0.3 is 0 Å². The maximum absolute atomic E-state index is 13.1. The van der Waals surface area contributed by atoms with E-state index in [0.29, 0.717) is 15.3 Å². The number of Topliss-reactive ketones (excluding diaryl/α,β-unsaturated/α-hetero) is 1. The summed E-state index contributed by atoms with van der Waals surface area (Å²) in [6, 6.07) is 15.3. The first-order valence-corrected chi connectivity index (χ1v) is 9.65. The molecular weight excluding hydrogens is 361 g/mol. The minimum atomic E-state index is -3.80. The van der Waals surface area contributed by atoms with Gasteiger partial charge in [0.05, 0.1) is 15.5 Å². The number of hydrogen-bond acceptors (Lipinski definition) is 4. The van der Waals surface area contributed by atoms with Gasteiger partial charge in [0, 0.05) is 11.8 Å². The number of carbonyl (C=O) groups excluding carboxylic acids is 1. The third-order valence-corrected chi connectivity index (χ3v) is 6.14. The Kier molecular flexibility index (Phi) is 4.69. The van der Waals surface area contributed by atoms with Crippen molar-refractivity contribution in [2.24, 2.45) is 0 Å². The molecule has 0 unspecified atom stereocenters. The molecule has 4 nitrogen and oxygen atoms in total. The lowest BCUT2D eigenvalue weighted by atomic mass is 10.2. The monoisotopic (exact) mass is 375 g/mol. The number of thiophene rings is 1. The number of nitrogens with one attached hydrogen (secondary N) is 1. The van der Waals surface area contributed by atoms with Crippen LogP contribution in [-0.2, 0) is 10.0 Å². The Hall–Kier alpha value is -2.51. The zero-order chi connectivity index (χ0) is 18.0. The summed E-state index contributed by atoms with van der Waals surface area (Å²) < 4.78 is 40.6. The predicted molar refractivity (Wildman–Crippen MR) is 97.0 cm³/mol. The fourth-order valence-electron chi connectivity index (χ4n) is 2.29. The fourth-order valence-corrected chi connectivity index (χ4v) is 4.45. The van der Waals surface area contributed by atoms with Crippen LogP contribution < -0.4 is 4.72 Å². The zero-order valence-corrected chi connectivity index (χ0v) is 14.8. The molecular formula is C18H14FNO3S2. The molecule has 0 aliphatic rings. The summed E-state index contributed by atoms with van der Waals surface area (Å²) in [6.45, 7) is 1.38. The molecule has 0 amide bonds. The molecule has 0 bridgehead atoms. The van der Waals surface area contributed by atoms with Gasteiger partial charge in [-0.15, -0.1) is 11.3 Å². The van der Waals surface area contributed by atoms with Gasteiger partial charge in [-0.05, 0) is 35.9 Å². The van der Waals surface area contributed by atoms with Crippen molar-refractivity contribution in [3.8, 4) is 10.4 Å². The summed E-state index contributed by atoms with van der Waals surface area (Å²) in [7, 11) is -3.80. The van der Waals surface area contributed by atoms with E-state index in [1.54, 1.807) is 36.4 Å². The van der Waals surface area contributed by atoms with Gasteiger partial charge in [0.25, 0.3) is 10.0 Å². The molecule has 0 aliphatic heterocycles. The highest BCUT2D eigenvalue weighted by Crippen LogP contribution is 2.36. The Morgan fingerprint density at radius 2 is 1.68 bits per heavy atom. The Labute approximate surface area is 149 Å². The fraction of sp³-hybridized carbons (Fsp3) is 0.0556. The largest absolute Gasteiger partial charge is 0.294 e. The van der Waals surface area contributed by atoms with E-state index in [-0.39, 0.29) is 22.2 Å². The molecule has 1 aromatic heterocycles. The van der Waals surface area contributed by atoms with Gasteiger partial charge in [0.1, 0.15) is 5.82 Å². The number of rotatable bonds is 5. The van der Waals surface area contributed by atoms with E-state index in [9.17, 15) is 17.6 Å². The van der Waals surface area contributed by atoms with Crippen LogP contribution in [0.2, 0.25) is 0 Å². The van der Waals surface area contributed by atoms with E-state index in [0.717, 1.165) is 11.3 Å². The van der Waals surface area contributed by atoms with E-state index in [1.807, 2.05) is 0 Å². The van der Waals surface area contributed by atoms with E-state index in [1.165, 1.54) is 31.2 Å². The summed E-state index contributed by atoms with van der Waals surface area (Å²) in [5.41, 5.74) is 0.930. The van der Waals surface area contributed by atoms with Crippen molar-refractivity contribution in [3.63, 3.8) is 0 Å². The summed E-state index contributed by atoms with van der Waals surface area (Å²) in [6.07, 6.45) is 0. The van der Waals surface area contributed by atoms with E-state index < -0.39 is 10.0 Å². The number of benzene rings is 2. The molecule has 2 aromatic carbocycles. The van der Waals surface area contributed by atoms with Gasteiger partial charge in [-0.3, -0.25) is 9.52 Å². The molecule has 0 radical (unpaired) electrons. The Morgan fingerprint density at radius 1 is 1.04 bits per heavy atom. The number of sulfonamides is 1. The molecule has 0 saturated carbocycles. The SMILES string of the molecule is CC(=O)c1sc(-c2ccc(F)cc2)cc1NS(=O)(=O)c1ccccc1. The van der Waals surface area contributed by atoms with Crippen molar-refractivity contribution in [3.05, 3.63) is 71.4 Å². The standard InChI is InChI=1S/C18H14FNO3S2/c1-12(21)18-16(20-25(22,23)15-5-3-2-4-6-15)11-17(24-18)13-7-9-14(19)10-8-13/h2-11,20H,1H3. The van der Waals surface area contributed by atoms with Crippen LogP contribution >= 0.6 is 11.3 Å². The van der Waals surface area contributed by atoms with Crippen LogP contribution in [0.15, 0.2) is 65.6 Å². The van der Waals surface area contributed by atoms with Gasteiger partial charge in [-0.1, -0.05) is 30.3 Å². The third-order valence-electron chi connectivity index (χ3n) is 3.48. The topological polar surface area (TPSA) is 63.2 Å². The Bertz CT molecular complexity index is 1010. The second-order valence-corrected chi connectivity index (χ2v) is 8.07. The van der Waals surface area contributed by atoms with E-state index in [4.69, 9.17) is 0 Å². The highest BCUT2D eigenvalue weighted by molar-refractivity contribution is 7.92. The van der Waals surface area contributed by atoms with Crippen LogP contribution in [0.1, 0.15) is 16.6 Å². The lowest BCUT2D eigenvalue weighted by Crippen LogP contribution is -2.13. The van der Waals surface area contributed by atoms with Crippen molar-refractivity contribution < 1.29 is 17.6 Å². The molecule has 25 heavy (non-hydrogen) atoms. The molecule has 0 atom stereocenters. The molecule has 0 fully saturated rings. The lowest BCUT2D eigenvalue weighted by Gasteiger charge is -2.07. The van der Waals surface area contributed by atoms with Crippen molar-refractivity contribution in [1.82, 2.24) is 0 Å². The maximum atomic E-state index is 13.1. The van der Waals surface area contributed by atoms with Crippen LogP contribution in [0, 0.1) is 5.82 Å².